The van der Waals surface area contributed by atoms with E-state index in [1.54, 1.807) is 4.90 Å². The van der Waals surface area contributed by atoms with Crippen molar-refractivity contribution in [2.45, 2.75) is 39.7 Å². The Kier molecular flexibility index (Phi) is 5.99. The summed E-state index contributed by atoms with van der Waals surface area (Å²) in [4.78, 5) is 28.0. The first kappa shape index (κ1) is 18.5. The Labute approximate surface area is 144 Å². The number of carbonyl (C=O) groups is 2. The van der Waals surface area contributed by atoms with Crippen molar-refractivity contribution in [3.8, 4) is 0 Å². The fourth-order valence-corrected chi connectivity index (χ4v) is 2.88. The van der Waals surface area contributed by atoms with Crippen LogP contribution in [0.2, 0.25) is 0 Å². The van der Waals surface area contributed by atoms with Gasteiger partial charge in [0.05, 0.1) is 12.6 Å². The Hall–Kier alpha value is -1.88. The normalized spacial score (nSPS) is 19.3. The van der Waals surface area contributed by atoms with E-state index in [-0.39, 0.29) is 36.9 Å². The Morgan fingerprint density at radius 3 is 2.50 bits per heavy atom. The van der Waals surface area contributed by atoms with Gasteiger partial charge in [-0.1, -0.05) is 51.1 Å². The zero-order valence-electron chi connectivity index (χ0n) is 14.9. The molecule has 132 valence electrons. The lowest BCUT2D eigenvalue weighted by Crippen LogP contribution is -2.41. The molecule has 1 N–H and O–H groups in total. The molecule has 1 aliphatic heterocycles. The van der Waals surface area contributed by atoms with Gasteiger partial charge in [-0.3, -0.25) is 9.59 Å². The smallest absolute Gasteiger partial charge is 0.242 e. The average molecular weight is 332 g/mol. The van der Waals surface area contributed by atoms with Gasteiger partial charge in [-0.15, -0.1) is 0 Å². The monoisotopic (exact) mass is 332 g/mol. The van der Waals surface area contributed by atoms with Gasteiger partial charge in [-0.25, -0.2) is 0 Å². The van der Waals surface area contributed by atoms with Crippen LogP contribution < -0.4 is 0 Å². The van der Waals surface area contributed by atoms with Crippen molar-refractivity contribution >= 4 is 11.8 Å². The molecular formula is C19H28N2O3. The fourth-order valence-electron chi connectivity index (χ4n) is 2.88. The maximum absolute atomic E-state index is 12.5. The molecule has 1 aromatic carbocycles. The summed E-state index contributed by atoms with van der Waals surface area (Å²) in [6.07, 6.45) is 0.419. The van der Waals surface area contributed by atoms with Gasteiger partial charge in [0.25, 0.3) is 0 Å². The molecule has 1 aliphatic rings. The summed E-state index contributed by atoms with van der Waals surface area (Å²) in [6, 6.07) is 9.96. The molecule has 5 nitrogen and oxygen atoms in total. The van der Waals surface area contributed by atoms with Gasteiger partial charge < -0.3 is 14.9 Å². The van der Waals surface area contributed by atoms with Crippen LogP contribution in [0.15, 0.2) is 30.3 Å². The van der Waals surface area contributed by atoms with E-state index in [0.717, 1.165) is 12.0 Å². The Morgan fingerprint density at radius 1 is 1.21 bits per heavy atom. The van der Waals surface area contributed by atoms with Crippen molar-refractivity contribution < 1.29 is 14.7 Å². The molecule has 0 aromatic heterocycles. The summed E-state index contributed by atoms with van der Waals surface area (Å²) >= 11 is 0. The lowest BCUT2D eigenvalue weighted by atomic mass is 9.91. The molecule has 1 aromatic rings. The van der Waals surface area contributed by atoms with Crippen molar-refractivity contribution in [1.82, 2.24) is 9.80 Å². The topological polar surface area (TPSA) is 60.9 Å². The number of hydrogen-bond donors (Lipinski definition) is 1. The highest BCUT2D eigenvalue weighted by Gasteiger charge is 2.30. The third-order valence-corrected chi connectivity index (χ3v) is 4.09. The van der Waals surface area contributed by atoms with E-state index in [1.807, 2.05) is 51.1 Å². The number of rotatable bonds is 4. The van der Waals surface area contributed by atoms with Gasteiger partial charge in [-0.05, 0) is 17.4 Å². The molecule has 0 bridgehead atoms. The second-order valence-electron chi connectivity index (χ2n) is 7.74. The third-order valence-electron chi connectivity index (χ3n) is 4.09. The largest absolute Gasteiger partial charge is 0.389 e. The summed E-state index contributed by atoms with van der Waals surface area (Å²) < 4.78 is 0. The summed E-state index contributed by atoms with van der Waals surface area (Å²) in [6.45, 7) is 7.10. The zero-order chi connectivity index (χ0) is 17.7. The zero-order valence-corrected chi connectivity index (χ0v) is 14.9. The van der Waals surface area contributed by atoms with Gasteiger partial charge in [0.1, 0.15) is 0 Å². The van der Waals surface area contributed by atoms with Crippen LogP contribution in [-0.4, -0.2) is 59.0 Å². The lowest BCUT2D eigenvalue weighted by molar-refractivity contribution is -0.139. The number of hydrogen-bond acceptors (Lipinski definition) is 3. The van der Waals surface area contributed by atoms with E-state index in [2.05, 4.69) is 0 Å². The number of carbonyl (C=O) groups excluding carboxylic acids is 2. The molecule has 0 saturated carbocycles. The first-order valence-corrected chi connectivity index (χ1v) is 8.52. The summed E-state index contributed by atoms with van der Waals surface area (Å²) in [7, 11) is 0. The van der Waals surface area contributed by atoms with Crippen LogP contribution in [0.4, 0.5) is 0 Å². The van der Waals surface area contributed by atoms with Crippen LogP contribution >= 0.6 is 0 Å². The van der Waals surface area contributed by atoms with Gasteiger partial charge in [-0.2, -0.15) is 0 Å². The SMILES string of the molecule is CC(C)(C)CC(=O)N1CC(=O)N(CCc2ccccc2)CC(O)C1. The van der Waals surface area contributed by atoms with E-state index in [1.165, 1.54) is 4.90 Å². The standard InChI is InChI=1S/C19H28N2O3/c1-19(2,3)11-17(23)21-13-16(22)12-20(18(24)14-21)10-9-15-7-5-4-6-8-15/h4-8,16,22H,9-14H2,1-3H3. The maximum Gasteiger partial charge on any atom is 0.242 e. The van der Waals surface area contributed by atoms with Crippen LogP contribution in [0.1, 0.15) is 32.8 Å². The van der Waals surface area contributed by atoms with E-state index < -0.39 is 6.10 Å². The van der Waals surface area contributed by atoms with E-state index >= 15 is 0 Å². The highest BCUT2D eigenvalue weighted by atomic mass is 16.3. The third kappa shape index (κ3) is 5.64. The van der Waals surface area contributed by atoms with Crippen LogP contribution in [0.5, 0.6) is 0 Å². The molecule has 1 atom stereocenters. The summed E-state index contributed by atoms with van der Waals surface area (Å²) in [5.74, 6) is -0.162. The minimum Gasteiger partial charge on any atom is -0.389 e. The van der Waals surface area contributed by atoms with Crippen LogP contribution in [-0.2, 0) is 16.0 Å². The van der Waals surface area contributed by atoms with Crippen LogP contribution in [0.25, 0.3) is 0 Å². The predicted molar refractivity (Wildman–Crippen MR) is 93.4 cm³/mol. The van der Waals surface area contributed by atoms with Crippen LogP contribution in [0, 0.1) is 5.41 Å². The Balaban J connectivity index is 1.97. The van der Waals surface area contributed by atoms with Crippen molar-refractivity contribution in [3.05, 3.63) is 35.9 Å². The number of aliphatic hydroxyl groups is 1. The molecule has 1 heterocycles. The molecular weight excluding hydrogens is 304 g/mol. The molecule has 24 heavy (non-hydrogen) atoms. The number of aliphatic hydroxyl groups excluding tert-OH is 1. The second kappa shape index (κ2) is 7.79. The fraction of sp³-hybridized carbons (Fsp3) is 0.579. The summed E-state index contributed by atoms with van der Waals surface area (Å²) in [5, 5.41) is 10.2. The number of nitrogens with zero attached hydrogens (tertiary/aromatic N) is 2. The van der Waals surface area contributed by atoms with Crippen molar-refractivity contribution in [2.24, 2.45) is 5.41 Å². The lowest BCUT2D eigenvalue weighted by Gasteiger charge is -2.25. The number of amides is 2. The number of benzene rings is 1. The molecule has 2 rings (SSSR count). The highest BCUT2D eigenvalue weighted by molar-refractivity contribution is 5.85. The molecule has 0 aliphatic carbocycles. The van der Waals surface area contributed by atoms with Gasteiger partial charge in [0.2, 0.25) is 11.8 Å². The Bertz CT molecular complexity index is 566. The molecule has 2 amide bonds. The molecule has 5 heteroatoms. The maximum atomic E-state index is 12.5. The highest BCUT2D eigenvalue weighted by Crippen LogP contribution is 2.20. The molecule has 1 fully saturated rings. The molecule has 0 spiro atoms. The van der Waals surface area contributed by atoms with Crippen molar-refractivity contribution in [1.29, 1.82) is 0 Å². The minimum absolute atomic E-state index is 0.0563. The van der Waals surface area contributed by atoms with E-state index in [0.29, 0.717) is 13.0 Å². The van der Waals surface area contributed by atoms with Gasteiger partial charge in [0, 0.05) is 26.1 Å². The molecule has 1 saturated heterocycles. The number of β-amino-alcohol motifs (C(OH)–C–C–N with tert-alkyl or cyclic N) is 1. The van der Waals surface area contributed by atoms with Crippen molar-refractivity contribution in [3.63, 3.8) is 0 Å². The molecule has 0 radical (unpaired) electrons. The molecule has 1 unspecified atom stereocenters. The minimum atomic E-state index is -0.698. The average Bonchev–Trinajstić information content (AvgIpc) is 2.63. The van der Waals surface area contributed by atoms with Gasteiger partial charge >= 0.3 is 0 Å². The first-order chi connectivity index (χ1) is 11.2. The van der Waals surface area contributed by atoms with Crippen molar-refractivity contribution in [2.75, 3.05) is 26.2 Å². The first-order valence-electron chi connectivity index (χ1n) is 8.52. The Morgan fingerprint density at radius 2 is 1.88 bits per heavy atom. The van der Waals surface area contributed by atoms with Gasteiger partial charge in [0.15, 0.2) is 0 Å². The predicted octanol–water partition coefficient (Wildman–Crippen LogP) is 1.70. The summed E-state index contributed by atoms with van der Waals surface area (Å²) in [5.41, 5.74) is 1.02. The quantitative estimate of drug-likeness (QED) is 0.913. The second-order valence-corrected chi connectivity index (χ2v) is 7.74. The van der Waals surface area contributed by atoms with E-state index in [4.69, 9.17) is 0 Å². The van der Waals surface area contributed by atoms with Crippen LogP contribution in [0.3, 0.4) is 0 Å². The van der Waals surface area contributed by atoms with E-state index in [9.17, 15) is 14.7 Å².